The fourth-order valence-electron chi connectivity index (χ4n) is 1.03. The highest BCUT2D eigenvalue weighted by atomic mass is 16.5. The minimum Gasteiger partial charge on any atom is -0.468 e. The van der Waals surface area contributed by atoms with Crippen LogP contribution < -0.4 is 5.73 Å². The van der Waals surface area contributed by atoms with Crippen LogP contribution in [0.5, 0.6) is 0 Å². The molecule has 1 atom stereocenters. The van der Waals surface area contributed by atoms with Crippen molar-refractivity contribution in [3.8, 4) is 0 Å². The molecule has 2 N–H and O–H groups in total. The topological polar surface area (TPSA) is 78.1 Å². The molecule has 1 unspecified atom stereocenters. The number of nitrogens with two attached hydrogens (primary N) is 1. The van der Waals surface area contributed by atoms with Gasteiger partial charge in [-0.25, -0.2) is 0 Å². The Kier molecular flexibility index (Phi) is 4.00. The molecule has 0 bridgehead atoms. The molecule has 0 amide bonds. The van der Waals surface area contributed by atoms with E-state index in [1.807, 2.05) is 0 Å². The maximum absolute atomic E-state index is 10.9. The Morgan fingerprint density at radius 3 is 3.00 bits per heavy atom. The first-order chi connectivity index (χ1) is 6.74. The fraction of sp³-hybridized carbons (Fsp3) is 0.444. The van der Waals surface area contributed by atoms with Crippen molar-refractivity contribution in [2.45, 2.75) is 18.9 Å². The molecule has 0 radical (unpaired) electrons. The highest BCUT2D eigenvalue weighted by Gasteiger charge is 2.13. The molecule has 76 valence electrons. The minimum absolute atomic E-state index is 0.395. The van der Waals surface area contributed by atoms with Gasteiger partial charge in [0.1, 0.15) is 6.04 Å². The zero-order chi connectivity index (χ0) is 10.4. The number of aromatic nitrogens is 2. The highest BCUT2D eigenvalue weighted by Crippen LogP contribution is 2.00. The number of hydrogen-bond donors (Lipinski definition) is 1. The van der Waals surface area contributed by atoms with E-state index in [0.717, 1.165) is 5.69 Å². The van der Waals surface area contributed by atoms with Crippen LogP contribution in [0, 0.1) is 0 Å². The summed E-state index contributed by atoms with van der Waals surface area (Å²) in [5, 5.41) is 0. The lowest BCUT2D eigenvalue weighted by atomic mass is 10.1. The molecule has 1 aromatic rings. The summed E-state index contributed by atoms with van der Waals surface area (Å²) in [4.78, 5) is 18.9. The third-order valence-electron chi connectivity index (χ3n) is 1.83. The monoisotopic (exact) mass is 195 g/mol. The van der Waals surface area contributed by atoms with Crippen molar-refractivity contribution >= 4 is 5.97 Å². The van der Waals surface area contributed by atoms with Gasteiger partial charge in [0, 0.05) is 18.6 Å². The van der Waals surface area contributed by atoms with E-state index in [1.54, 1.807) is 18.6 Å². The molecule has 14 heavy (non-hydrogen) atoms. The average molecular weight is 195 g/mol. The summed E-state index contributed by atoms with van der Waals surface area (Å²) in [6.07, 6.45) is 6.02. The Bertz CT molecular complexity index is 289. The van der Waals surface area contributed by atoms with Gasteiger partial charge in [-0.05, 0) is 12.8 Å². The smallest absolute Gasteiger partial charge is 0.322 e. The van der Waals surface area contributed by atoms with Crippen LogP contribution in [0.1, 0.15) is 12.1 Å². The molecular formula is C9H13N3O2. The van der Waals surface area contributed by atoms with Crippen molar-refractivity contribution in [1.29, 1.82) is 0 Å². The number of methoxy groups -OCH3 is 1. The molecule has 1 aromatic heterocycles. The third-order valence-corrected chi connectivity index (χ3v) is 1.83. The Labute approximate surface area is 82.3 Å². The summed E-state index contributed by atoms with van der Waals surface area (Å²) < 4.78 is 4.50. The van der Waals surface area contributed by atoms with E-state index in [4.69, 9.17) is 5.73 Å². The van der Waals surface area contributed by atoms with E-state index in [-0.39, 0.29) is 0 Å². The van der Waals surface area contributed by atoms with Crippen molar-refractivity contribution in [1.82, 2.24) is 9.97 Å². The van der Waals surface area contributed by atoms with E-state index in [1.165, 1.54) is 7.11 Å². The van der Waals surface area contributed by atoms with Gasteiger partial charge in [-0.1, -0.05) is 0 Å². The first-order valence-corrected chi connectivity index (χ1v) is 4.32. The van der Waals surface area contributed by atoms with Crippen LogP contribution in [-0.2, 0) is 16.0 Å². The quantitative estimate of drug-likeness (QED) is 0.679. The first kappa shape index (κ1) is 10.6. The van der Waals surface area contributed by atoms with Crippen LogP contribution in [0.15, 0.2) is 18.6 Å². The maximum atomic E-state index is 10.9. The molecule has 1 heterocycles. The van der Waals surface area contributed by atoms with Gasteiger partial charge in [0.25, 0.3) is 0 Å². The highest BCUT2D eigenvalue weighted by molar-refractivity contribution is 5.75. The van der Waals surface area contributed by atoms with Gasteiger partial charge in [0.2, 0.25) is 0 Å². The van der Waals surface area contributed by atoms with Crippen molar-refractivity contribution in [3.05, 3.63) is 24.3 Å². The first-order valence-electron chi connectivity index (χ1n) is 4.32. The Morgan fingerprint density at radius 2 is 2.43 bits per heavy atom. The maximum Gasteiger partial charge on any atom is 0.322 e. The molecule has 0 spiro atoms. The van der Waals surface area contributed by atoms with E-state index in [9.17, 15) is 4.79 Å². The zero-order valence-electron chi connectivity index (χ0n) is 8.01. The number of carbonyl (C=O) groups excluding carboxylic acids is 1. The second-order valence-corrected chi connectivity index (χ2v) is 2.87. The Hall–Kier alpha value is -1.49. The van der Waals surface area contributed by atoms with Crippen LogP contribution in [0.3, 0.4) is 0 Å². The second-order valence-electron chi connectivity index (χ2n) is 2.87. The molecule has 0 aliphatic rings. The summed E-state index contributed by atoms with van der Waals surface area (Å²) >= 11 is 0. The predicted octanol–water partition coefficient (Wildman–Crippen LogP) is -0.0905. The lowest BCUT2D eigenvalue weighted by molar-refractivity contribution is -0.142. The van der Waals surface area contributed by atoms with Crippen LogP contribution in [0.25, 0.3) is 0 Å². The zero-order valence-corrected chi connectivity index (χ0v) is 8.01. The van der Waals surface area contributed by atoms with Gasteiger partial charge in [-0.3, -0.25) is 14.8 Å². The van der Waals surface area contributed by atoms with Gasteiger partial charge < -0.3 is 10.5 Å². The van der Waals surface area contributed by atoms with Gasteiger partial charge in [-0.15, -0.1) is 0 Å². The van der Waals surface area contributed by atoms with E-state index >= 15 is 0 Å². The predicted molar refractivity (Wildman–Crippen MR) is 50.3 cm³/mol. The van der Waals surface area contributed by atoms with Crippen LogP contribution >= 0.6 is 0 Å². The van der Waals surface area contributed by atoms with Crippen LogP contribution in [0.2, 0.25) is 0 Å². The Balaban J connectivity index is 2.38. The van der Waals surface area contributed by atoms with Gasteiger partial charge in [0.05, 0.1) is 12.8 Å². The average Bonchev–Trinajstić information content (AvgIpc) is 2.26. The minimum atomic E-state index is -0.581. The molecular weight excluding hydrogens is 182 g/mol. The van der Waals surface area contributed by atoms with E-state index < -0.39 is 12.0 Å². The van der Waals surface area contributed by atoms with E-state index in [0.29, 0.717) is 12.8 Å². The molecule has 0 saturated carbocycles. The van der Waals surface area contributed by atoms with Crippen LogP contribution in [0.4, 0.5) is 0 Å². The van der Waals surface area contributed by atoms with Gasteiger partial charge in [-0.2, -0.15) is 0 Å². The Morgan fingerprint density at radius 1 is 1.64 bits per heavy atom. The number of rotatable bonds is 4. The molecule has 0 saturated heterocycles. The molecule has 0 aromatic carbocycles. The summed E-state index contributed by atoms with van der Waals surface area (Å²) in [6, 6.07) is -0.581. The second kappa shape index (κ2) is 5.29. The molecule has 0 fully saturated rings. The summed E-state index contributed by atoms with van der Waals surface area (Å²) in [7, 11) is 1.32. The molecule has 1 rings (SSSR count). The van der Waals surface area contributed by atoms with Gasteiger partial charge in [0.15, 0.2) is 0 Å². The SMILES string of the molecule is COC(=O)C(N)CCc1cnccn1. The molecule has 5 nitrogen and oxygen atoms in total. The number of esters is 1. The standard InChI is InChI=1S/C9H13N3O2/c1-14-9(13)8(10)3-2-7-6-11-4-5-12-7/h4-6,8H,2-3,10H2,1H3. The van der Waals surface area contributed by atoms with Crippen molar-refractivity contribution in [3.63, 3.8) is 0 Å². The molecule has 5 heteroatoms. The third kappa shape index (κ3) is 3.10. The number of carbonyl (C=O) groups is 1. The number of aryl methyl sites for hydroxylation is 1. The summed E-state index contributed by atoms with van der Waals surface area (Å²) in [5.41, 5.74) is 6.38. The van der Waals surface area contributed by atoms with E-state index in [2.05, 4.69) is 14.7 Å². The van der Waals surface area contributed by atoms with Crippen LogP contribution in [-0.4, -0.2) is 29.1 Å². The lowest BCUT2D eigenvalue weighted by Gasteiger charge is -2.07. The molecule has 0 aliphatic heterocycles. The normalized spacial score (nSPS) is 12.1. The number of nitrogens with zero attached hydrogens (tertiary/aromatic N) is 2. The number of hydrogen-bond acceptors (Lipinski definition) is 5. The largest absolute Gasteiger partial charge is 0.468 e. The fourth-order valence-corrected chi connectivity index (χ4v) is 1.03. The van der Waals surface area contributed by atoms with Crippen molar-refractivity contribution < 1.29 is 9.53 Å². The van der Waals surface area contributed by atoms with Crippen molar-refractivity contribution in [2.75, 3.05) is 7.11 Å². The number of ether oxygens (including phenoxy) is 1. The summed E-state index contributed by atoms with van der Waals surface area (Å²) in [5.74, 6) is -0.395. The molecule has 0 aliphatic carbocycles. The van der Waals surface area contributed by atoms with Gasteiger partial charge >= 0.3 is 5.97 Å². The lowest BCUT2D eigenvalue weighted by Crippen LogP contribution is -2.32. The summed E-state index contributed by atoms with van der Waals surface area (Å²) in [6.45, 7) is 0. The van der Waals surface area contributed by atoms with Crippen molar-refractivity contribution in [2.24, 2.45) is 5.73 Å².